The molecule has 6 nitrogen and oxygen atoms in total. The summed E-state index contributed by atoms with van der Waals surface area (Å²) in [6, 6.07) is 17.8. The largest absolute Gasteiger partial charge is 0.349 e. The number of carbonyl (C=O) groups excluding carboxylic acids is 2. The molecule has 150 valence electrons. The molecule has 1 fully saturated rings. The van der Waals surface area contributed by atoms with Crippen molar-refractivity contribution in [1.29, 1.82) is 0 Å². The number of aryl methyl sites for hydroxylation is 1. The van der Waals surface area contributed by atoms with Crippen LogP contribution in [0.4, 0.5) is 0 Å². The maximum atomic E-state index is 12.7. The van der Waals surface area contributed by atoms with Crippen molar-refractivity contribution >= 4 is 22.8 Å². The molecule has 0 spiro atoms. The van der Waals surface area contributed by atoms with E-state index in [2.05, 4.69) is 10.3 Å². The van der Waals surface area contributed by atoms with E-state index in [0.29, 0.717) is 25.2 Å². The maximum absolute atomic E-state index is 12.7. The first-order chi connectivity index (χ1) is 14.2. The molecule has 0 saturated carbocycles. The third-order valence-corrected chi connectivity index (χ3v) is 5.41. The topological polar surface area (TPSA) is 67.2 Å². The second-order valence-electron chi connectivity index (χ2n) is 7.45. The van der Waals surface area contributed by atoms with Crippen LogP contribution in [0.15, 0.2) is 54.6 Å². The standard InChI is InChI=1S/C23H26N4O2/c28-22(13-12-18-8-2-1-3-9-18)24-16-21-25-19-10-4-5-11-20(19)27(21)17-23(29)26-14-6-7-15-26/h1-5,8-11H,6-7,12-17H2,(H,24,28). The molecular weight excluding hydrogens is 364 g/mol. The average molecular weight is 390 g/mol. The zero-order valence-corrected chi connectivity index (χ0v) is 16.5. The first-order valence-corrected chi connectivity index (χ1v) is 10.2. The Morgan fingerprint density at radius 1 is 0.966 bits per heavy atom. The third kappa shape index (κ3) is 4.65. The number of aromatic nitrogens is 2. The van der Waals surface area contributed by atoms with Crippen LogP contribution in [0.5, 0.6) is 0 Å². The van der Waals surface area contributed by atoms with E-state index in [1.807, 2.05) is 64.1 Å². The summed E-state index contributed by atoms with van der Waals surface area (Å²) in [5, 5.41) is 2.97. The number of amides is 2. The van der Waals surface area contributed by atoms with E-state index in [4.69, 9.17) is 0 Å². The number of likely N-dealkylation sites (tertiary alicyclic amines) is 1. The Bertz CT molecular complexity index is 991. The quantitative estimate of drug-likeness (QED) is 0.675. The fraction of sp³-hybridized carbons (Fsp3) is 0.348. The highest BCUT2D eigenvalue weighted by atomic mass is 16.2. The normalized spacial score (nSPS) is 13.7. The molecule has 2 amide bonds. The van der Waals surface area contributed by atoms with Crippen LogP contribution in [0.3, 0.4) is 0 Å². The Morgan fingerprint density at radius 3 is 2.48 bits per heavy atom. The number of nitrogens with one attached hydrogen (secondary N) is 1. The average Bonchev–Trinajstić information content (AvgIpc) is 3.40. The van der Waals surface area contributed by atoms with Crippen LogP contribution in [0, 0.1) is 0 Å². The summed E-state index contributed by atoms with van der Waals surface area (Å²) >= 11 is 0. The zero-order chi connectivity index (χ0) is 20.1. The van der Waals surface area contributed by atoms with Gasteiger partial charge in [0.2, 0.25) is 11.8 Å². The van der Waals surface area contributed by atoms with E-state index in [1.165, 1.54) is 0 Å². The number of benzene rings is 2. The lowest BCUT2D eigenvalue weighted by Gasteiger charge is -2.17. The van der Waals surface area contributed by atoms with E-state index >= 15 is 0 Å². The van der Waals surface area contributed by atoms with Gasteiger partial charge in [0, 0.05) is 19.5 Å². The van der Waals surface area contributed by atoms with Crippen LogP contribution >= 0.6 is 0 Å². The summed E-state index contributed by atoms with van der Waals surface area (Å²) in [5.74, 6) is 0.812. The summed E-state index contributed by atoms with van der Waals surface area (Å²) in [7, 11) is 0. The Kier molecular flexibility index (Phi) is 5.89. The molecule has 1 N–H and O–H groups in total. The van der Waals surface area contributed by atoms with Gasteiger partial charge in [0.25, 0.3) is 0 Å². The van der Waals surface area contributed by atoms with Gasteiger partial charge in [-0.1, -0.05) is 42.5 Å². The summed E-state index contributed by atoms with van der Waals surface area (Å²) in [5.41, 5.74) is 2.91. The molecule has 0 atom stereocenters. The first kappa shape index (κ1) is 19.2. The van der Waals surface area contributed by atoms with Gasteiger partial charge < -0.3 is 14.8 Å². The lowest BCUT2D eigenvalue weighted by molar-refractivity contribution is -0.130. The molecule has 1 aliphatic heterocycles. The number of fused-ring (bicyclic) bond motifs is 1. The molecule has 1 aromatic heterocycles. The summed E-state index contributed by atoms with van der Waals surface area (Å²) in [6.45, 7) is 2.24. The second kappa shape index (κ2) is 8.90. The van der Waals surface area contributed by atoms with Gasteiger partial charge in [0.15, 0.2) is 0 Å². The minimum absolute atomic E-state index is 0.0154. The summed E-state index contributed by atoms with van der Waals surface area (Å²) in [6.07, 6.45) is 3.27. The van der Waals surface area contributed by atoms with E-state index in [0.717, 1.165) is 42.5 Å². The molecule has 2 heterocycles. The third-order valence-electron chi connectivity index (χ3n) is 5.41. The number of imidazole rings is 1. The van der Waals surface area contributed by atoms with Crippen molar-refractivity contribution in [3.63, 3.8) is 0 Å². The fourth-order valence-corrected chi connectivity index (χ4v) is 3.81. The van der Waals surface area contributed by atoms with E-state index in [9.17, 15) is 9.59 Å². The Morgan fingerprint density at radius 2 is 1.69 bits per heavy atom. The molecular formula is C23H26N4O2. The fourth-order valence-electron chi connectivity index (χ4n) is 3.81. The van der Waals surface area contributed by atoms with E-state index in [1.54, 1.807) is 0 Å². The minimum Gasteiger partial charge on any atom is -0.349 e. The van der Waals surface area contributed by atoms with E-state index in [-0.39, 0.29) is 18.4 Å². The van der Waals surface area contributed by atoms with Crippen molar-refractivity contribution in [2.45, 2.75) is 38.8 Å². The van der Waals surface area contributed by atoms with Gasteiger partial charge >= 0.3 is 0 Å². The van der Waals surface area contributed by atoms with Crippen molar-refractivity contribution in [2.24, 2.45) is 0 Å². The van der Waals surface area contributed by atoms with Crippen molar-refractivity contribution < 1.29 is 9.59 Å². The zero-order valence-electron chi connectivity index (χ0n) is 16.5. The number of nitrogens with zero attached hydrogens (tertiary/aromatic N) is 3. The molecule has 29 heavy (non-hydrogen) atoms. The minimum atomic E-state index is -0.0154. The molecule has 1 saturated heterocycles. The number of carbonyl (C=O) groups is 2. The maximum Gasteiger partial charge on any atom is 0.242 e. The molecule has 3 aromatic rings. The molecule has 0 radical (unpaired) electrons. The number of hydrogen-bond acceptors (Lipinski definition) is 3. The summed E-state index contributed by atoms with van der Waals surface area (Å²) in [4.78, 5) is 31.6. The van der Waals surface area contributed by atoms with Crippen LogP contribution in [-0.4, -0.2) is 39.4 Å². The molecule has 0 aliphatic carbocycles. The lowest BCUT2D eigenvalue weighted by Crippen LogP contribution is -2.32. The predicted octanol–water partition coefficient (Wildman–Crippen LogP) is 2.91. The van der Waals surface area contributed by atoms with Gasteiger partial charge in [-0.05, 0) is 37.0 Å². The molecule has 4 rings (SSSR count). The number of para-hydroxylation sites is 2. The molecule has 1 aliphatic rings. The second-order valence-corrected chi connectivity index (χ2v) is 7.45. The van der Waals surface area contributed by atoms with Crippen LogP contribution < -0.4 is 5.32 Å². The van der Waals surface area contributed by atoms with Crippen LogP contribution in [0.25, 0.3) is 11.0 Å². The van der Waals surface area contributed by atoms with Crippen molar-refractivity contribution in [3.05, 3.63) is 66.0 Å². The lowest BCUT2D eigenvalue weighted by atomic mass is 10.1. The monoisotopic (exact) mass is 390 g/mol. The SMILES string of the molecule is O=C(CCc1ccccc1)NCc1nc2ccccc2n1CC(=O)N1CCCC1. The highest BCUT2D eigenvalue weighted by molar-refractivity contribution is 5.81. The van der Waals surface area contributed by atoms with Crippen molar-refractivity contribution in [1.82, 2.24) is 19.8 Å². The van der Waals surface area contributed by atoms with Crippen molar-refractivity contribution in [3.8, 4) is 0 Å². The van der Waals surface area contributed by atoms with Crippen LogP contribution in [0.2, 0.25) is 0 Å². The number of rotatable bonds is 7. The van der Waals surface area contributed by atoms with Crippen LogP contribution in [-0.2, 0) is 29.1 Å². The van der Waals surface area contributed by atoms with Gasteiger partial charge in [0.05, 0.1) is 17.6 Å². The Labute approximate surface area is 170 Å². The predicted molar refractivity (Wildman–Crippen MR) is 112 cm³/mol. The van der Waals surface area contributed by atoms with Gasteiger partial charge in [-0.25, -0.2) is 4.98 Å². The van der Waals surface area contributed by atoms with Gasteiger partial charge in [-0.15, -0.1) is 0 Å². The highest BCUT2D eigenvalue weighted by Crippen LogP contribution is 2.17. The smallest absolute Gasteiger partial charge is 0.242 e. The Hall–Kier alpha value is -3.15. The van der Waals surface area contributed by atoms with Gasteiger partial charge in [-0.3, -0.25) is 9.59 Å². The highest BCUT2D eigenvalue weighted by Gasteiger charge is 2.21. The molecule has 6 heteroatoms. The van der Waals surface area contributed by atoms with Crippen LogP contribution in [0.1, 0.15) is 30.7 Å². The summed E-state index contributed by atoms with van der Waals surface area (Å²) < 4.78 is 1.94. The Balaban J connectivity index is 1.43. The molecule has 0 bridgehead atoms. The number of hydrogen-bond donors (Lipinski definition) is 1. The molecule has 0 unspecified atom stereocenters. The van der Waals surface area contributed by atoms with Gasteiger partial charge in [-0.2, -0.15) is 0 Å². The van der Waals surface area contributed by atoms with Crippen molar-refractivity contribution in [2.75, 3.05) is 13.1 Å². The molecule has 2 aromatic carbocycles. The van der Waals surface area contributed by atoms with Gasteiger partial charge in [0.1, 0.15) is 12.4 Å². The first-order valence-electron chi connectivity index (χ1n) is 10.2. The van der Waals surface area contributed by atoms with E-state index < -0.39 is 0 Å².